The summed E-state index contributed by atoms with van der Waals surface area (Å²) in [5.41, 5.74) is 2.86. The van der Waals surface area contributed by atoms with Crippen molar-refractivity contribution in [2.75, 3.05) is 7.11 Å². The first-order chi connectivity index (χ1) is 12.2. The lowest BCUT2D eigenvalue weighted by Crippen LogP contribution is -2.23. The van der Waals surface area contributed by atoms with Crippen LogP contribution in [0.15, 0.2) is 65.4 Å². The Bertz CT molecular complexity index is 811. The van der Waals surface area contributed by atoms with Crippen LogP contribution in [-0.4, -0.2) is 18.0 Å². The van der Waals surface area contributed by atoms with Crippen LogP contribution in [0.1, 0.15) is 17.5 Å². The molecule has 0 radical (unpaired) electrons. The fraction of sp³-hybridized carbons (Fsp3) is 0.200. The Morgan fingerprint density at radius 2 is 2.00 bits per heavy atom. The Morgan fingerprint density at radius 1 is 1.16 bits per heavy atom. The van der Waals surface area contributed by atoms with Crippen molar-refractivity contribution in [1.29, 1.82) is 0 Å². The van der Waals surface area contributed by atoms with Crippen LogP contribution >= 0.6 is 0 Å². The molecular formula is C20H20N2O3. The van der Waals surface area contributed by atoms with Gasteiger partial charge in [-0.1, -0.05) is 12.1 Å². The highest BCUT2D eigenvalue weighted by Crippen LogP contribution is 2.18. The number of amides is 1. The number of nitrogens with zero attached hydrogens (tertiary/aromatic N) is 1. The highest BCUT2D eigenvalue weighted by molar-refractivity contribution is 5.76. The molecule has 25 heavy (non-hydrogen) atoms. The summed E-state index contributed by atoms with van der Waals surface area (Å²) in [6.07, 6.45) is 4.48. The topological polar surface area (TPSA) is 64.4 Å². The summed E-state index contributed by atoms with van der Waals surface area (Å²) in [7, 11) is 1.64. The number of benzene rings is 1. The molecule has 0 aliphatic carbocycles. The summed E-state index contributed by atoms with van der Waals surface area (Å²) < 4.78 is 10.5. The van der Waals surface area contributed by atoms with Gasteiger partial charge in [0.25, 0.3) is 0 Å². The molecule has 0 fully saturated rings. The van der Waals surface area contributed by atoms with Crippen LogP contribution in [0.2, 0.25) is 0 Å². The van der Waals surface area contributed by atoms with Gasteiger partial charge in [-0.3, -0.25) is 9.78 Å². The number of aromatic nitrogens is 1. The van der Waals surface area contributed by atoms with Crippen LogP contribution in [-0.2, 0) is 17.8 Å². The van der Waals surface area contributed by atoms with E-state index in [0.29, 0.717) is 25.1 Å². The molecule has 1 amide bonds. The van der Waals surface area contributed by atoms with Crippen LogP contribution in [0.5, 0.6) is 5.75 Å². The summed E-state index contributed by atoms with van der Waals surface area (Å²) in [6.45, 7) is 0.470. The van der Waals surface area contributed by atoms with Crippen molar-refractivity contribution in [3.63, 3.8) is 0 Å². The molecule has 5 nitrogen and oxygen atoms in total. The normalized spacial score (nSPS) is 10.4. The third-order valence-electron chi connectivity index (χ3n) is 3.89. The maximum absolute atomic E-state index is 12.1. The van der Waals surface area contributed by atoms with Gasteiger partial charge in [0.05, 0.1) is 13.4 Å². The lowest BCUT2D eigenvalue weighted by atomic mass is 10.1. The van der Waals surface area contributed by atoms with E-state index >= 15 is 0 Å². The molecule has 2 aromatic heterocycles. The van der Waals surface area contributed by atoms with Gasteiger partial charge in [0.15, 0.2) is 5.76 Å². The number of rotatable bonds is 7. The summed E-state index contributed by atoms with van der Waals surface area (Å²) in [4.78, 5) is 16.3. The Morgan fingerprint density at radius 3 is 2.72 bits per heavy atom. The van der Waals surface area contributed by atoms with Gasteiger partial charge in [0, 0.05) is 19.2 Å². The standard InChI is InChI=1S/C20H20N2O3/c1-24-17-7-4-15(5-8-17)6-9-20(23)22-14-16-10-11-21-18(13-16)19-3-2-12-25-19/h2-5,7-8,10-13H,6,9,14H2,1H3,(H,22,23). The molecule has 0 saturated heterocycles. The zero-order valence-electron chi connectivity index (χ0n) is 14.1. The van der Waals surface area contributed by atoms with Gasteiger partial charge in [-0.05, 0) is 53.9 Å². The van der Waals surface area contributed by atoms with E-state index in [0.717, 1.165) is 22.6 Å². The van der Waals surface area contributed by atoms with Crippen molar-refractivity contribution in [3.8, 4) is 17.2 Å². The SMILES string of the molecule is COc1ccc(CCC(=O)NCc2ccnc(-c3ccco3)c2)cc1. The van der Waals surface area contributed by atoms with E-state index in [1.54, 1.807) is 19.6 Å². The molecule has 0 saturated carbocycles. The zero-order valence-corrected chi connectivity index (χ0v) is 14.1. The molecule has 3 rings (SSSR count). The van der Waals surface area contributed by atoms with Gasteiger partial charge in [0.1, 0.15) is 11.4 Å². The lowest BCUT2D eigenvalue weighted by Gasteiger charge is -2.07. The summed E-state index contributed by atoms with van der Waals surface area (Å²) >= 11 is 0. The zero-order chi connectivity index (χ0) is 17.5. The minimum absolute atomic E-state index is 0.0205. The highest BCUT2D eigenvalue weighted by atomic mass is 16.5. The molecule has 5 heteroatoms. The van der Waals surface area contributed by atoms with Crippen molar-refractivity contribution in [3.05, 3.63) is 72.1 Å². The number of carbonyl (C=O) groups is 1. The largest absolute Gasteiger partial charge is 0.497 e. The third kappa shape index (κ3) is 4.70. The number of nitrogens with one attached hydrogen (secondary N) is 1. The summed E-state index contributed by atoms with van der Waals surface area (Å²) in [5.74, 6) is 1.55. The van der Waals surface area contributed by atoms with E-state index in [2.05, 4.69) is 10.3 Å². The first-order valence-corrected chi connectivity index (χ1v) is 8.13. The van der Waals surface area contributed by atoms with Crippen LogP contribution < -0.4 is 10.1 Å². The predicted molar refractivity (Wildman–Crippen MR) is 95.1 cm³/mol. The number of hydrogen-bond donors (Lipinski definition) is 1. The molecule has 0 aliphatic heterocycles. The first-order valence-electron chi connectivity index (χ1n) is 8.13. The molecule has 3 aromatic rings. The molecule has 128 valence electrons. The van der Waals surface area contributed by atoms with Gasteiger partial charge in [-0.2, -0.15) is 0 Å². The Balaban J connectivity index is 1.49. The average Bonchev–Trinajstić information content (AvgIpc) is 3.20. The molecule has 0 bridgehead atoms. The molecule has 0 aliphatic rings. The Kier molecular flexibility index (Phi) is 5.46. The van der Waals surface area contributed by atoms with E-state index in [-0.39, 0.29) is 5.91 Å². The van der Waals surface area contributed by atoms with Crippen molar-refractivity contribution in [2.45, 2.75) is 19.4 Å². The second-order valence-electron chi connectivity index (χ2n) is 5.65. The molecule has 0 spiro atoms. The van der Waals surface area contributed by atoms with E-state index in [9.17, 15) is 4.79 Å². The number of carbonyl (C=O) groups excluding carboxylic acids is 1. The van der Waals surface area contributed by atoms with Crippen molar-refractivity contribution >= 4 is 5.91 Å². The molecule has 1 N–H and O–H groups in total. The Labute approximate surface area is 146 Å². The van der Waals surface area contributed by atoms with Gasteiger partial charge in [0.2, 0.25) is 5.91 Å². The third-order valence-corrected chi connectivity index (χ3v) is 3.89. The van der Waals surface area contributed by atoms with E-state index < -0.39 is 0 Å². The minimum Gasteiger partial charge on any atom is -0.497 e. The average molecular weight is 336 g/mol. The second kappa shape index (κ2) is 8.15. The molecule has 1 aromatic carbocycles. The number of hydrogen-bond acceptors (Lipinski definition) is 4. The fourth-order valence-electron chi connectivity index (χ4n) is 2.48. The number of methoxy groups -OCH3 is 1. The number of ether oxygens (including phenoxy) is 1. The highest BCUT2D eigenvalue weighted by Gasteiger charge is 2.06. The molecule has 0 unspecified atom stereocenters. The van der Waals surface area contributed by atoms with Crippen LogP contribution in [0.4, 0.5) is 0 Å². The Hall–Kier alpha value is -3.08. The summed E-state index contributed by atoms with van der Waals surface area (Å²) in [6, 6.07) is 15.2. The molecule has 2 heterocycles. The predicted octanol–water partition coefficient (Wildman–Crippen LogP) is 3.60. The molecule has 0 atom stereocenters. The monoisotopic (exact) mass is 336 g/mol. The van der Waals surface area contributed by atoms with Gasteiger partial charge in [-0.15, -0.1) is 0 Å². The second-order valence-corrected chi connectivity index (χ2v) is 5.65. The summed E-state index contributed by atoms with van der Waals surface area (Å²) in [5, 5.41) is 2.94. The van der Waals surface area contributed by atoms with Crippen LogP contribution in [0.3, 0.4) is 0 Å². The quantitative estimate of drug-likeness (QED) is 0.716. The van der Waals surface area contributed by atoms with Crippen LogP contribution in [0.25, 0.3) is 11.5 Å². The number of pyridine rings is 1. The number of furan rings is 1. The van der Waals surface area contributed by atoms with Crippen molar-refractivity contribution in [1.82, 2.24) is 10.3 Å². The maximum atomic E-state index is 12.1. The van der Waals surface area contributed by atoms with Crippen molar-refractivity contribution in [2.24, 2.45) is 0 Å². The van der Waals surface area contributed by atoms with Crippen LogP contribution in [0, 0.1) is 0 Å². The van der Waals surface area contributed by atoms with E-state index in [1.807, 2.05) is 48.5 Å². The lowest BCUT2D eigenvalue weighted by molar-refractivity contribution is -0.121. The molecular weight excluding hydrogens is 316 g/mol. The van der Waals surface area contributed by atoms with Gasteiger partial charge in [-0.25, -0.2) is 0 Å². The van der Waals surface area contributed by atoms with Gasteiger partial charge >= 0.3 is 0 Å². The minimum atomic E-state index is 0.0205. The smallest absolute Gasteiger partial charge is 0.220 e. The van der Waals surface area contributed by atoms with E-state index in [1.165, 1.54) is 0 Å². The maximum Gasteiger partial charge on any atom is 0.220 e. The fourth-order valence-corrected chi connectivity index (χ4v) is 2.48. The van der Waals surface area contributed by atoms with E-state index in [4.69, 9.17) is 9.15 Å². The number of aryl methyl sites for hydroxylation is 1. The first kappa shape index (κ1) is 16.8. The van der Waals surface area contributed by atoms with Gasteiger partial charge < -0.3 is 14.5 Å². The van der Waals surface area contributed by atoms with Crippen molar-refractivity contribution < 1.29 is 13.9 Å².